The molecule has 2 aromatic carbocycles. The molecular formula is C23H31Cl2N3O2. The second-order valence-corrected chi connectivity index (χ2v) is 7.86. The average Bonchev–Trinajstić information content (AvgIpc) is 3.52. The van der Waals surface area contributed by atoms with Crippen molar-refractivity contribution in [2.45, 2.75) is 25.0 Å². The van der Waals surface area contributed by atoms with E-state index < -0.39 is 0 Å². The van der Waals surface area contributed by atoms with E-state index in [0.717, 1.165) is 38.3 Å². The van der Waals surface area contributed by atoms with E-state index >= 15 is 0 Å². The quantitative estimate of drug-likeness (QED) is 0.700. The van der Waals surface area contributed by atoms with Crippen molar-refractivity contribution < 1.29 is 9.53 Å². The Bertz CT molecular complexity index is 781. The van der Waals surface area contributed by atoms with Crippen LogP contribution in [-0.2, 0) is 11.4 Å². The molecule has 0 bridgehead atoms. The van der Waals surface area contributed by atoms with Gasteiger partial charge in [-0.05, 0) is 36.7 Å². The van der Waals surface area contributed by atoms with Gasteiger partial charge in [0, 0.05) is 38.1 Å². The van der Waals surface area contributed by atoms with Crippen LogP contribution < -0.4 is 10.1 Å². The van der Waals surface area contributed by atoms with Crippen molar-refractivity contribution in [1.82, 2.24) is 15.1 Å². The first-order valence-corrected chi connectivity index (χ1v) is 10.2. The van der Waals surface area contributed by atoms with Crippen molar-refractivity contribution >= 4 is 30.7 Å². The topological polar surface area (TPSA) is 44.8 Å². The van der Waals surface area contributed by atoms with E-state index in [4.69, 9.17) is 4.74 Å². The zero-order chi connectivity index (χ0) is 19.3. The highest BCUT2D eigenvalue weighted by molar-refractivity contribution is 5.85. The van der Waals surface area contributed by atoms with Gasteiger partial charge in [-0.25, -0.2) is 0 Å². The fourth-order valence-electron chi connectivity index (χ4n) is 3.73. The van der Waals surface area contributed by atoms with E-state index in [1.807, 2.05) is 35.2 Å². The lowest BCUT2D eigenvalue weighted by Crippen LogP contribution is -2.49. The number of amides is 1. The summed E-state index contributed by atoms with van der Waals surface area (Å²) in [6, 6.07) is 19.0. The summed E-state index contributed by atoms with van der Waals surface area (Å²) in [6.07, 6.45) is 1.10. The van der Waals surface area contributed by atoms with Crippen LogP contribution in [0.25, 0.3) is 0 Å². The number of hydrogen-bond donors (Lipinski definition) is 1. The van der Waals surface area contributed by atoms with E-state index in [0.29, 0.717) is 25.1 Å². The molecule has 7 heteroatoms. The van der Waals surface area contributed by atoms with E-state index in [1.54, 1.807) is 0 Å². The van der Waals surface area contributed by atoms with E-state index in [2.05, 4.69) is 41.5 Å². The molecule has 0 aromatic heterocycles. The zero-order valence-corrected chi connectivity index (χ0v) is 19.0. The van der Waals surface area contributed by atoms with Crippen molar-refractivity contribution in [2.24, 2.45) is 0 Å². The molecule has 5 nitrogen and oxygen atoms in total. The number of rotatable bonds is 7. The minimum absolute atomic E-state index is 0. The standard InChI is InChI=1S/C23H29N3O2.2ClH/c1-25-11-13-26(14-12-25)23(27)16-24-22-15-21(22)19-7-9-20(10-8-19)28-17-18-5-3-2-4-6-18;;/h2-10,21-22,24H,11-17H2,1H3;2*1H/t21-,22-;;/m1../s1. The number of nitrogens with zero attached hydrogens (tertiary/aromatic N) is 2. The summed E-state index contributed by atoms with van der Waals surface area (Å²) in [5, 5.41) is 3.44. The van der Waals surface area contributed by atoms with E-state index in [9.17, 15) is 4.79 Å². The molecule has 2 fully saturated rings. The molecule has 1 aliphatic carbocycles. The van der Waals surface area contributed by atoms with E-state index in [-0.39, 0.29) is 30.7 Å². The van der Waals surface area contributed by atoms with Crippen LogP contribution in [0.2, 0.25) is 0 Å². The van der Waals surface area contributed by atoms with Crippen molar-refractivity contribution in [1.29, 1.82) is 0 Å². The maximum Gasteiger partial charge on any atom is 0.236 e. The highest BCUT2D eigenvalue weighted by Gasteiger charge is 2.38. The molecule has 1 N–H and O–H groups in total. The number of piperazine rings is 1. The van der Waals surface area contributed by atoms with Gasteiger partial charge in [-0.15, -0.1) is 24.8 Å². The molecule has 0 radical (unpaired) electrons. The van der Waals surface area contributed by atoms with Gasteiger partial charge >= 0.3 is 0 Å². The molecule has 1 amide bonds. The van der Waals surface area contributed by atoms with Crippen LogP contribution in [0, 0.1) is 0 Å². The molecule has 1 saturated heterocycles. The van der Waals surface area contributed by atoms with Crippen molar-refractivity contribution in [3.05, 3.63) is 65.7 Å². The summed E-state index contributed by atoms with van der Waals surface area (Å²) in [7, 11) is 2.10. The fraction of sp³-hybridized carbons (Fsp3) is 0.435. The second kappa shape index (κ2) is 11.6. The number of carbonyl (C=O) groups is 1. The summed E-state index contributed by atoms with van der Waals surface area (Å²) >= 11 is 0. The minimum atomic E-state index is 0. The second-order valence-electron chi connectivity index (χ2n) is 7.86. The Kier molecular flexibility index (Phi) is 9.43. The van der Waals surface area contributed by atoms with Crippen molar-refractivity contribution in [3.63, 3.8) is 0 Å². The Morgan fingerprint density at radius 2 is 1.67 bits per heavy atom. The summed E-state index contributed by atoms with van der Waals surface area (Å²) in [5.74, 6) is 1.62. The summed E-state index contributed by atoms with van der Waals surface area (Å²) < 4.78 is 5.86. The summed E-state index contributed by atoms with van der Waals surface area (Å²) in [4.78, 5) is 16.6. The Morgan fingerprint density at radius 1 is 1.00 bits per heavy atom. The minimum Gasteiger partial charge on any atom is -0.489 e. The molecule has 2 atom stereocenters. The molecule has 1 saturated carbocycles. The van der Waals surface area contributed by atoms with Crippen LogP contribution in [0.1, 0.15) is 23.5 Å². The number of carbonyl (C=O) groups excluding carboxylic acids is 1. The predicted octanol–water partition coefficient (Wildman–Crippen LogP) is 3.33. The summed E-state index contributed by atoms with van der Waals surface area (Å²) in [5.41, 5.74) is 2.49. The first-order chi connectivity index (χ1) is 13.7. The van der Waals surface area contributed by atoms with Gasteiger partial charge in [-0.3, -0.25) is 4.79 Å². The van der Waals surface area contributed by atoms with E-state index in [1.165, 1.54) is 11.1 Å². The third-order valence-corrected chi connectivity index (χ3v) is 5.72. The number of ether oxygens (including phenoxy) is 1. The molecule has 1 heterocycles. The molecule has 4 rings (SSSR count). The van der Waals surface area contributed by atoms with Gasteiger partial charge in [-0.1, -0.05) is 42.5 Å². The largest absolute Gasteiger partial charge is 0.489 e. The van der Waals surface area contributed by atoms with Gasteiger partial charge in [0.2, 0.25) is 5.91 Å². The predicted molar refractivity (Wildman–Crippen MR) is 125 cm³/mol. The number of halogens is 2. The zero-order valence-electron chi connectivity index (χ0n) is 17.3. The third kappa shape index (κ3) is 6.61. The lowest BCUT2D eigenvalue weighted by Gasteiger charge is -2.32. The van der Waals surface area contributed by atoms with Gasteiger partial charge in [0.05, 0.1) is 6.54 Å². The van der Waals surface area contributed by atoms with Crippen LogP contribution in [0.4, 0.5) is 0 Å². The molecule has 2 aromatic rings. The van der Waals surface area contributed by atoms with Gasteiger partial charge in [-0.2, -0.15) is 0 Å². The molecule has 2 aliphatic rings. The molecule has 1 aliphatic heterocycles. The summed E-state index contributed by atoms with van der Waals surface area (Å²) in [6.45, 7) is 4.66. The first-order valence-electron chi connectivity index (χ1n) is 10.2. The fourth-order valence-corrected chi connectivity index (χ4v) is 3.73. The Balaban J connectivity index is 0.00000160. The number of nitrogens with one attached hydrogen (secondary N) is 1. The SMILES string of the molecule is CN1CCN(C(=O)CN[C@@H]2C[C@@H]2c2ccc(OCc3ccccc3)cc2)CC1.Cl.Cl. The van der Waals surface area contributed by atoms with Crippen LogP contribution in [0.5, 0.6) is 5.75 Å². The molecular weight excluding hydrogens is 421 g/mol. The molecule has 164 valence electrons. The van der Waals surface area contributed by atoms with Crippen LogP contribution in [0.15, 0.2) is 54.6 Å². The van der Waals surface area contributed by atoms with Gasteiger partial charge in [0.15, 0.2) is 0 Å². The molecule has 0 unspecified atom stereocenters. The highest BCUT2D eigenvalue weighted by atomic mass is 35.5. The van der Waals surface area contributed by atoms with Crippen LogP contribution >= 0.6 is 24.8 Å². The maximum absolute atomic E-state index is 12.3. The Morgan fingerprint density at radius 3 is 2.33 bits per heavy atom. The van der Waals surface area contributed by atoms with Crippen molar-refractivity contribution in [2.75, 3.05) is 39.8 Å². The highest BCUT2D eigenvalue weighted by Crippen LogP contribution is 2.41. The monoisotopic (exact) mass is 451 g/mol. The van der Waals surface area contributed by atoms with Gasteiger partial charge in [0.25, 0.3) is 0 Å². The van der Waals surface area contributed by atoms with Crippen LogP contribution in [-0.4, -0.2) is 61.5 Å². The lowest BCUT2D eigenvalue weighted by molar-refractivity contribution is -0.131. The smallest absolute Gasteiger partial charge is 0.236 e. The van der Waals surface area contributed by atoms with Crippen LogP contribution in [0.3, 0.4) is 0 Å². The number of hydrogen-bond acceptors (Lipinski definition) is 4. The Labute approximate surface area is 191 Å². The lowest BCUT2D eigenvalue weighted by atomic mass is 10.1. The van der Waals surface area contributed by atoms with Gasteiger partial charge < -0.3 is 19.9 Å². The normalized spacial score (nSPS) is 20.6. The average molecular weight is 452 g/mol. The molecule has 30 heavy (non-hydrogen) atoms. The third-order valence-electron chi connectivity index (χ3n) is 5.72. The Hall–Kier alpha value is -1.79. The number of likely N-dealkylation sites (N-methyl/N-ethyl adjacent to an activating group) is 1. The first kappa shape index (κ1) is 24.5. The maximum atomic E-state index is 12.3. The van der Waals surface area contributed by atoms with Crippen molar-refractivity contribution in [3.8, 4) is 5.75 Å². The molecule has 0 spiro atoms. The number of benzene rings is 2. The van der Waals surface area contributed by atoms with Gasteiger partial charge in [0.1, 0.15) is 12.4 Å².